The van der Waals surface area contributed by atoms with Crippen LogP contribution in [-0.4, -0.2) is 5.91 Å². The number of carbonyl (C=O) groups excluding carboxylic acids is 1. The van der Waals surface area contributed by atoms with E-state index in [1.807, 2.05) is 30.3 Å². The van der Waals surface area contributed by atoms with E-state index in [0.29, 0.717) is 6.54 Å². The molecule has 2 aromatic carbocycles. The molecule has 0 heterocycles. The molecule has 4 heteroatoms. The molecular weight excluding hydrogens is 243 g/mol. The first-order chi connectivity index (χ1) is 9.16. The van der Waals surface area contributed by atoms with Gasteiger partial charge >= 0.3 is 0 Å². The summed E-state index contributed by atoms with van der Waals surface area (Å²) in [5.74, 6) is -0.716. The van der Waals surface area contributed by atoms with Crippen molar-refractivity contribution in [3.8, 4) is 0 Å². The molecular formula is C15H15FN2O. The van der Waals surface area contributed by atoms with E-state index in [-0.39, 0.29) is 5.82 Å². The monoisotopic (exact) mass is 258 g/mol. The zero-order valence-electron chi connectivity index (χ0n) is 10.3. The molecule has 0 aliphatic carbocycles. The molecule has 0 aliphatic rings. The Kier molecular flexibility index (Phi) is 4.26. The summed E-state index contributed by atoms with van der Waals surface area (Å²) in [5, 5.41) is 3.07. The highest BCUT2D eigenvalue weighted by atomic mass is 19.1. The smallest absolute Gasteiger partial charge is 0.239 e. The SMILES string of the molecule is NC(=O)C(NCc1ccc(F)cc1)c1ccccc1. The fraction of sp³-hybridized carbons (Fsp3) is 0.133. The number of nitrogens with two attached hydrogens (primary N) is 1. The molecule has 19 heavy (non-hydrogen) atoms. The first kappa shape index (κ1) is 13.2. The summed E-state index contributed by atoms with van der Waals surface area (Å²) >= 11 is 0. The van der Waals surface area contributed by atoms with E-state index in [1.165, 1.54) is 12.1 Å². The summed E-state index contributed by atoms with van der Waals surface area (Å²) in [5.41, 5.74) is 7.10. The summed E-state index contributed by atoms with van der Waals surface area (Å²) in [6.45, 7) is 0.447. The van der Waals surface area contributed by atoms with Gasteiger partial charge in [0.05, 0.1) is 0 Å². The zero-order chi connectivity index (χ0) is 13.7. The van der Waals surface area contributed by atoms with E-state index in [1.54, 1.807) is 12.1 Å². The van der Waals surface area contributed by atoms with Crippen LogP contribution in [0.5, 0.6) is 0 Å². The average molecular weight is 258 g/mol. The molecule has 0 spiro atoms. The van der Waals surface area contributed by atoms with Crippen LogP contribution in [-0.2, 0) is 11.3 Å². The molecule has 2 rings (SSSR count). The molecule has 0 radical (unpaired) electrons. The van der Waals surface area contributed by atoms with Crippen LogP contribution in [0.2, 0.25) is 0 Å². The number of hydrogen-bond acceptors (Lipinski definition) is 2. The summed E-state index contributed by atoms with van der Waals surface area (Å²) in [6, 6.07) is 14.8. The molecule has 1 amide bonds. The van der Waals surface area contributed by atoms with Crippen molar-refractivity contribution in [2.75, 3.05) is 0 Å². The fourth-order valence-corrected chi connectivity index (χ4v) is 1.85. The molecule has 1 unspecified atom stereocenters. The van der Waals surface area contributed by atoms with Crippen LogP contribution in [0.15, 0.2) is 54.6 Å². The molecule has 0 saturated carbocycles. The van der Waals surface area contributed by atoms with Gasteiger partial charge in [-0.1, -0.05) is 42.5 Å². The second kappa shape index (κ2) is 6.11. The first-order valence-corrected chi connectivity index (χ1v) is 5.99. The third-order valence-electron chi connectivity index (χ3n) is 2.84. The van der Waals surface area contributed by atoms with Crippen molar-refractivity contribution in [2.24, 2.45) is 5.73 Å². The number of hydrogen-bond donors (Lipinski definition) is 2. The van der Waals surface area contributed by atoms with Crippen LogP contribution in [0.1, 0.15) is 17.2 Å². The van der Waals surface area contributed by atoms with Crippen LogP contribution in [0.25, 0.3) is 0 Å². The first-order valence-electron chi connectivity index (χ1n) is 5.99. The molecule has 98 valence electrons. The average Bonchev–Trinajstić information content (AvgIpc) is 2.42. The van der Waals surface area contributed by atoms with Crippen LogP contribution in [0.3, 0.4) is 0 Å². The molecule has 3 N–H and O–H groups in total. The Bertz CT molecular complexity index is 540. The van der Waals surface area contributed by atoms with E-state index in [2.05, 4.69) is 5.32 Å². The van der Waals surface area contributed by atoms with Crippen molar-refractivity contribution in [3.63, 3.8) is 0 Å². The van der Waals surface area contributed by atoms with Gasteiger partial charge in [0.15, 0.2) is 0 Å². The fourth-order valence-electron chi connectivity index (χ4n) is 1.85. The second-order valence-corrected chi connectivity index (χ2v) is 4.25. The van der Waals surface area contributed by atoms with Crippen LogP contribution >= 0.6 is 0 Å². The number of primary amides is 1. The highest BCUT2D eigenvalue weighted by molar-refractivity contribution is 5.81. The maximum atomic E-state index is 12.8. The molecule has 3 nitrogen and oxygen atoms in total. The molecule has 0 aromatic heterocycles. The van der Waals surface area contributed by atoms with E-state index < -0.39 is 11.9 Å². The van der Waals surface area contributed by atoms with Gasteiger partial charge in [0.25, 0.3) is 0 Å². The maximum absolute atomic E-state index is 12.8. The Balaban J connectivity index is 2.06. The lowest BCUT2D eigenvalue weighted by atomic mass is 10.1. The number of carbonyl (C=O) groups is 1. The maximum Gasteiger partial charge on any atom is 0.239 e. The molecule has 0 aliphatic heterocycles. The predicted octanol–water partition coefficient (Wildman–Crippen LogP) is 2.14. The van der Waals surface area contributed by atoms with Crippen LogP contribution in [0.4, 0.5) is 4.39 Å². The third-order valence-corrected chi connectivity index (χ3v) is 2.84. The van der Waals surface area contributed by atoms with Gasteiger partial charge < -0.3 is 5.73 Å². The van der Waals surface area contributed by atoms with Gasteiger partial charge in [-0.05, 0) is 23.3 Å². The van der Waals surface area contributed by atoms with Gasteiger partial charge in [-0.25, -0.2) is 4.39 Å². The summed E-state index contributed by atoms with van der Waals surface area (Å²) in [4.78, 5) is 11.5. The van der Waals surface area contributed by atoms with E-state index in [4.69, 9.17) is 5.73 Å². The summed E-state index contributed by atoms with van der Waals surface area (Å²) < 4.78 is 12.8. The molecule has 0 bridgehead atoms. The van der Waals surface area contributed by atoms with Crippen molar-refractivity contribution in [2.45, 2.75) is 12.6 Å². The van der Waals surface area contributed by atoms with Crippen molar-refractivity contribution < 1.29 is 9.18 Å². The minimum Gasteiger partial charge on any atom is -0.368 e. The molecule has 0 saturated heterocycles. The molecule has 2 aromatic rings. The van der Waals surface area contributed by atoms with Gasteiger partial charge in [0.2, 0.25) is 5.91 Å². The lowest BCUT2D eigenvalue weighted by Gasteiger charge is -2.15. The lowest BCUT2D eigenvalue weighted by Crippen LogP contribution is -2.33. The van der Waals surface area contributed by atoms with Crippen LogP contribution < -0.4 is 11.1 Å². The number of rotatable bonds is 5. The quantitative estimate of drug-likeness (QED) is 0.863. The van der Waals surface area contributed by atoms with Gasteiger partial charge in [-0.15, -0.1) is 0 Å². The van der Waals surface area contributed by atoms with Crippen LogP contribution in [0, 0.1) is 5.82 Å². The lowest BCUT2D eigenvalue weighted by molar-refractivity contribution is -0.120. The Morgan fingerprint density at radius 2 is 1.74 bits per heavy atom. The number of halogens is 1. The van der Waals surface area contributed by atoms with Crippen molar-refractivity contribution in [1.82, 2.24) is 5.32 Å². The van der Waals surface area contributed by atoms with Crippen molar-refractivity contribution in [3.05, 3.63) is 71.5 Å². The number of nitrogens with one attached hydrogen (secondary N) is 1. The third kappa shape index (κ3) is 3.63. The molecule has 0 fully saturated rings. The number of amides is 1. The highest BCUT2D eigenvalue weighted by Gasteiger charge is 2.16. The largest absolute Gasteiger partial charge is 0.368 e. The summed E-state index contributed by atoms with van der Waals surface area (Å²) in [7, 11) is 0. The van der Waals surface area contributed by atoms with Gasteiger partial charge in [-0.3, -0.25) is 10.1 Å². The minimum atomic E-state index is -0.550. The topological polar surface area (TPSA) is 55.1 Å². The van der Waals surface area contributed by atoms with E-state index in [0.717, 1.165) is 11.1 Å². The zero-order valence-corrected chi connectivity index (χ0v) is 10.3. The highest BCUT2D eigenvalue weighted by Crippen LogP contribution is 2.13. The van der Waals surface area contributed by atoms with Gasteiger partial charge in [0, 0.05) is 6.54 Å². The van der Waals surface area contributed by atoms with Crippen molar-refractivity contribution >= 4 is 5.91 Å². The Labute approximate surface area is 111 Å². The Morgan fingerprint density at radius 1 is 1.11 bits per heavy atom. The number of benzene rings is 2. The normalized spacial score (nSPS) is 12.1. The minimum absolute atomic E-state index is 0.279. The van der Waals surface area contributed by atoms with Gasteiger partial charge in [-0.2, -0.15) is 0 Å². The van der Waals surface area contributed by atoms with E-state index in [9.17, 15) is 9.18 Å². The second-order valence-electron chi connectivity index (χ2n) is 4.25. The van der Waals surface area contributed by atoms with Crippen molar-refractivity contribution in [1.29, 1.82) is 0 Å². The Hall–Kier alpha value is -2.20. The summed E-state index contributed by atoms with van der Waals surface area (Å²) in [6.07, 6.45) is 0. The Morgan fingerprint density at radius 3 is 2.32 bits per heavy atom. The van der Waals surface area contributed by atoms with Gasteiger partial charge in [0.1, 0.15) is 11.9 Å². The van der Waals surface area contributed by atoms with E-state index >= 15 is 0 Å². The predicted molar refractivity (Wildman–Crippen MR) is 71.6 cm³/mol. The standard InChI is InChI=1S/C15H15FN2O/c16-13-8-6-11(7-9-13)10-18-14(15(17)19)12-4-2-1-3-5-12/h1-9,14,18H,10H2,(H2,17,19). The molecule has 1 atom stereocenters.